The van der Waals surface area contributed by atoms with Crippen molar-refractivity contribution in [3.05, 3.63) is 47.5 Å². The quantitative estimate of drug-likeness (QED) is 0.325. The van der Waals surface area contributed by atoms with Crippen LogP contribution in [0.4, 0.5) is 0 Å². The molecule has 8 nitrogen and oxygen atoms in total. The lowest BCUT2D eigenvalue weighted by molar-refractivity contribution is -0.138. The van der Waals surface area contributed by atoms with Gasteiger partial charge in [0.15, 0.2) is 6.29 Å². The predicted molar refractivity (Wildman–Crippen MR) is 74.7 cm³/mol. The molecule has 0 amide bonds. The molecule has 0 saturated carbocycles. The minimum atomic E-state index is -1.17. The molecule has 1 aromatic carbocycles. The molecule has 1 aromatic rings. The fourth-order valence-corrected chi connectivity index (χ4v) is 1.86. The van der Waals surface area contributed by atoms with E-state index in [1.54, 1.807) is 0 Å². The Morgan fingerprint density at radius 1 is 1.26 bits per heavy atom. The first-order valence-corrected chi connectivity index (χ1v) is 6.61. The number of ether oxygens (including phenoxy) is 3. The molecule has 1 aliphatic rings. The Hall–Kier alpha value is -2.71. The number of esters is 2. The molecule has 2 rings (SSSR count). The molecule has 0 aromatic heterocycles. The van der Waals surface area contributed by atoms with Gasteiger partial charge in [-0.05, 0) is 18.2 Å². The topological polar surface area (TPSA) is 123 Å². The van der Waals surface area contributed by atoms with E-state index >= 15 is 0 Å². The molecule has 0 bridgehead atoms. The number of carboxylic acids is 1. The van der Waals surface area contributed by atoms with E-state index in [9.17, 15) is 19.5 Å². The second-order valence-electron chi connectivity index (χ2n) is 4.56. The summed E-state index contributed by atoms with van der Waals surface area (Å²) in [7, 11) is 0. The van der Waals surface area contributed by atoms with Crippen molar-refractivity contribution >= 4 is 17.9 Å². The van der Waals surface area contributed by atoms with E-state index in [1.807, 2.05) is 0 Å². The largest absolute Gasteiger partial charge is 0.478 e. The van der Waals surface area contributed by atoms with Crippen LogP contribution in [0.3, 0.4) is 0 Å². The van der Waals surface area contributed by atoms with Crippen LogP contribution in [0, 0.1) is 0 Å². The molecule has 1 aliphatic heterocycles. The number of carboxylic acid groups (broad SMARTS) is 1. The van der Waals surface area contributed by atoms with Crippen molar-refractivity contribution in [1.82, 2.24) is 0 Å². The van der Waals surface area contributed by atoms with Crippen LogP contribution >= 0.6 is 0 Å². The van der Waals surface area contributed by atoms with Gasteiger partial charge in [-0.25, -0.2) is 14.4 Å². The Balaban J connectivity index is 2.05. The monoisotopic (exact) mass is 322 g/mol. The van der Waals surface area contributed by atoms with Gasteiger partial charge in [0.05, 0.1) is 11.1 Å². The normalized spacial score (nSPS) is 18.8. The zero-order chi connectivity index (χ0) is 17.0. The van der Waals surface area contributed by atoms with Crippen LogP contribution < -0.4 is 0 Å². The van der Waals surface area contributed by atoms with Crippen molar-refractivity contribution in [3.8, 4) is 0 Å². The van der Waals surface area contributed by atoms with E-state index in [1.165, 1.54) is 18.2 Å². The van der Waals surface area contributed by atoms with Crippen LogP contribution in [0.25, 0.3) is 0 Å². The summed E-state index contributed by atoms with van der Waals surface area (Å²) in [6.45, 7) is 2.91. The summed E-state index contributed by atoms with van der Waals surface area (Å²) < 4.78 is 14.5. The zero-order valence-electron chi connectivity index (χ0n) is 11.9. The molecule has 122 valence electrons. The number of hydrogen-bond donors (Lipinski definition) is 2. The standard InChI is InChI=1S/C15H14O8/c1-2-11(16)21-5-6-22-14(19)9-4-3-8(13(17)18)7-10(9)12-15(20)23-12/h2-4,7,12,15,20H,1,5-6H2,(H,17,18). The van der Waals surface area contributed by atoms with Gasteiger partial charge in [-0.1, -0.05) is 6.58 Å². The molecule has 1 fully saturated rings. The average molecular weight is 322 g/mol. The van der Waals surface area contributed by atoms with Crippen LogP contribution in [0.5, 0.6) is 0 Å². The number of benzene rings is 1. The SMILES string of the molecule is C=CC(=O)OCCOC(=O)c1ccc(C(=O)O)cc1C1OC1O. The van der Waals surface area contributed by atoms with Crippen molar-refractivity contribution in [2.75, 3.05) is 13.2 Å². The highest BCUT2D eigenvalue weighted by atomic mass is 16.7. The number of epoxide rings is 1. The molecule has 0 radical (unpaired) electrons. The lowest BCUT2D eigenvalue weighted by Gasteiger charge is -2.09. The lowest BCUT2D eigenvalue weighted by Crippen LogP contribution is -2.15. The summed E-state index contributed by atoms with van der Waals surface area (Å²) in [6, 6.07) is 3.78. The number of aromatic carboxylic acids is 1. The van der Waals surface area contributed by atoms with Crippen LogP contribution in [0.1, 0.15) is 32.4 Å². The minimum Gasteiger partial charge on any atom is -0.478 e. The average Bonchev–Trinajstić information content (AvgIpc) is 3.27. The minimum absolute atomic E-state index is 0.0424. The number of carbonyl (C=O) groups is 3. The Labute approximate surface area is 130 Å². The van der Waals surface area contributed by atoms with Gasteiger partial charge in [0.25, 0.3) is 0 Å². The fraction of sp³-hybridized carbons (Fsp3) is 0.267. The number of hydrogen-bond acceptors (Lipinski definition) is 7. The molecule has 8 heteroatoms. The summed E-state index contributed by atoms with van der Waals surface area (Å²) in [5.41, 5.74) is 0.260. The van der Waals surface area contributed by atoms with Gasteiger partial charge < -0.3 is 24.4 Å². The zero-order valence-corrected chi connectivity index (χ0v) is 11.9. The van der Waals surface area contributed by atoms with Gasteiger partial charge in [-0.2, -0.15) is 0 Å². The first-order valence-electron chi connectivity index (χ1n) is 6.61. The van der Waals surface area contributed by atoms with Crippen molar-refractivity contribution in [2.24, 2.45) is 0 Å². The molecular formula is C15H14O8. The predicted octanol–water partition coefficient (Wildman–Crippen LogP) is 0.660. The van der Waals surface area contributed by atoms with E-state index in [0.29, 0.717) is 0 Å². The third kappa shape index (κ3) is 4.15. The molecule has 1 heterocycles. The van der Waals surface area contributed by atoms with Gasteiger partial charge in [0.2, 0.25) is 0 Å². The van der Waals surface area contributed by atoms with Gasteiger partial charge in [-0.15, -0.1) is 0 Å². The number of carbonyl (C=O) groups excluding carboxylic acids is 2. The van der Waals surface area contributed by atoms with Crippen LogP contribution in [0.15, 0.2) is 30.9 Å². The maximum absolute atomic E-state index is 12.0. The number of aliphatic hydroxyl groups excluding tert-OH is 1. The number of aliphatic hydroxyl groups is 1. The van der Waals surface area contributed by atoms with E-state index in [0.717, 1.165) is 6.08 Å². The van der Waals surface area contributed by atoms with Crippen molar-refractivity contribution in [2.45, 2.75) is 12.4 Å². The van der Waals surface area contributed by atoms with Crippen LogP contribution in [0.2, 0.25) is 0 Å². The van der Waals surface area contributed by atoms with E-state index in [2.05, 4.69) is 11.3 Å². The van der Waals surface area contributed by atoms with Crippen LogP contribution in [-0.2, 0) is 19.0 Å². The van der Waals surface area contributed by atoms with Crippen molar-refractivity contribution < 1.29 is 38.8 Å². The molecule has 0 spiro atoms. The smallest absolute Gasteiger partial charge is 0.338 e. The van der Waals surface area contributed by atoms with Gasteiger partial charge >= 0.3 is 17.9 Å². The Morgan fingerprint density at radius 2 is 1.91 bits per heavy atom. The van der Waals surface area contributed by atoms with Gasteiger partial charge in [0.1, 0.15) is 19.3 Å². The van der Waals surface area contributed by atoms with E-state index < -0.39 is 30.3 Å². The number of rotatable bonds is 7. The molecule has 0 aliphatic carbocycles. The van der Waals surface area contributed by atoms with E-state index in [-0.39, 0.29) is 29.9 Å². The maximum Gasteiger partial charge on any atom is 0.338 e. The highest BCUT2D eigenvalue weighted by Crippen LogP contribution is 2.39. The second-order valence-corrected chi connectivity index (χ2v) is 4.56. The summed E-state index contributed by atoms with van der Waals surface area (Å²) in [5.74, 6) is -2.55. The Bertz CT molecular complexity index is 651. The Kier molecular flexibility index (Phi) is 5.09. The highest BCUT2D eigenvalue weighted by Gasteiger charge is 2.41. The summed E-state index contributed by atoms with van der Waals surface area (Å²) in [6.07, 6.45) is -0.870. The molecule has 2 atom stereocenters. The first-order chi connectivity index (χ1) is 10.9. The molecule has 1 saturated heterocycles. The highest BCUT2D eigenvalue weighted by molar-refractivity contribution is 5.94. The third-order valence-corrected chi connectivity index (χ3v) is 3.02. The van der Waals surface area contributed by atoms with Gasteiger partial charge in [-0.3, -0.25) is 0 Å². The maximum atomic E-state index is 12.0. The second kappa shape index (κ2) is 7.03. The molecule has 2 N–H and O–H groups in total. The van der Waals surface area contributed by atoms with Crippen molar-refractivity contribution in [1.29, 1.82) is 0 Å². The molecule has 2 unspecified atom stereocenters. The van der Waals surface area contributed by atoms with Gasteiger partial charge in [0, 0.05) is 11.6 Å². The van der Waals surface area contributed by atoms with Crippen molar-refractivity contribution in [3.63, 3.8) is 0 Å². The van der Waals surface area contributed by atoms with Crippen LogP contribution in [-0.4, -0.2) is 47.6 Å². The first kappa shape index (κ1) is 16.7. The van der Waals surface area contributed by atoms with E-state index in [4.69, 9.17) is 14.6 Å². The summed E-state index contributed by atoms with van der Waals surface area (Å²) >= 11 is 0. The summed E-state index contributed by atoms with van der Waals surface area (Å²) in [4.78, 5) is 33.9. The Morgan fingerprint density at radius 3 is 2.48 bits per heavy atom. The molecule has 23 heavy (non-hydrogen) atoms. The molecular weight excluding hydrogens is 308 g/mol. The lowest BCUT2D eigenvalue weighted by atomic mass is 10.0. The third-order valence-electron chi connectivity index (χ3n) is 3.02. The fourth-order valence-electron chi connectivity index (χ4n) is 1.86. The summed E-state index contributed by atoms with van der Waals surface area (Å²) in [5, 5.41) is 18.3.